The third kappa shape index (κ3) is 4.36. The zero-order chi connectivity index (χ0) is 23.8. The monoisotopic (exact) mass is 483 g/mol. The first-order valence-corrected chi connectivity index (χ1v) is 14.3. The Balaban J connectivity index is 1.22. The molecule has 0 saturated carbocycles. The second kappa shape index (κ2) is 9.55. The molecule has 1 atom stereocenters. The van der Waals surface area contributed by atoms with Crippen molar-refractivity contribution in [2.75, 3.05) is 25.4 Å². The number of aryl methyl sites for hydroxylation is 1. The van der Waals surface area contributed by atoms with Crippen LogP contribution in [-0.2, 0) is 13.0 Å². The molecule has 0 spiro atoms. The Labute approximate surface area is 214 Å². The molecule has 3 heterocycles. The summed E-state index contributed by atoms with van der Waals surface area (Å²) in [5.74, 6) is 1.02. The highest BCUT2D eigenvalue weighted by molar-refractivity contribution is 7.99. The summed E-state index contributed by atoms with van der Waals surface area (Å²) in [4.78, 5) is 6.71. The predicted molar refractivity (Wildman–Crippen MR) is 148 cm³/mol. The average molecular weight is 484 g/mol. The van der Waals surface area contributed by atoms with Gasteiger partial charge >= 0.3 is 0 Å². The van der Waals surface area contributed by atoms with Crippen LogP contribution in [-0.4, -0.2) is 40.7 Å². The van der Waals surface area contributed by atoms with E-state index in [4.69, 9.17) is 5.73 Å². The molecule has 2 N–H and O–H groups in total. The van der Waals surface area contributed by atoms with Crippen molar-refractivity contribution in [1.29, 1.82) is 0 Å². The van der Waals surface area contributed by atoms with Crippen LogP contribution in [0.1, 0.15) is 55.7 Å². The summed E-state index contributed by atoms with van der Waals surface area (Å²) >= 11 is 1.96. The van der Waals surface area contributed by atoms with Gasteiger partial charge in [0, 0.05) is 28.5 Å². The highest BCUT2D eigenvalue weighted by Crippen LogP contribution is 2.54. The normalized spacial score (nSPS) is 24.0. The van der Waals surface area contributed by atoms with Crippen LogP contribution in [0.2, 0.25) is 0 Å². The lowest BCUT2D eigenvalue weighted by Crippen LogP contribution is -2.43. The molecular formula is C31H37N3S. The zero-order valence-corrected chi connectivity index (χ0v) is 21.7. The average Bonchev–Trinajstić information content (AvgIpc) is 3.14. The van der Waals surface area contributed by atoms with Crippen LogP contribution in [0.4, 0.5) is 0 Å². The Morgan fingerprint density at radius 2 is 1.74 bits per heavy atom. The second-order valence-corrected chi connectivity index (χ2v) is 11.8. The molecule has 0 aromatic heterocycles. The molecule has 0 amide bonds. The van der Waals surface area contributed by atoms with Gasteiger partial charge in [-0.2, -0.15) is 0 Å². The molecule has 182 valence electrons. The van der Waals surface area contributed by atoms with E-state index in [1.165, 1.54) is 90.2 Å². The number of nitrogens with zero attached hydrogens (tertiary/aromatic N) is 2. The van der Waals surface area contributed by atoms with Gasteiger partial charge in [0.25, 0.3) is 0 Å². The number of thioether (sulfide) groups is 1. The zero-order valence-electron chi connectivity index (χ0n) is 20.9. The number of piperidine rings is 1. The van der Waals surface area contributed by atoms with Crippen LogP contribution < -0.4 is 5.73 Å². The number of hydrogen-bond donors (Lipinski definition) is 1. The Hall–Kier alpha value is -2.43. The van der Waals surface area contributed by atoms with Crippen molar-refractivity contribution < 1.29 is 0 Å². The lowest BCUT2D eigenvalue weighted by atomic mass is 9.82. The standard InChI is InChI=1S/C31H37N3S/c1-31-16-15-25(32)20-28(31)27-22-35-29-10-4-3-9-26(29)30(27)34(31)21-24-13-11-23(12-14-24)8-7-19-33-17-5-2-6-18-33/h3-4,9-15,20H,2,5-8,16-19,21-22,32H2,1H3. The van der Waals surface area contributed by atoms with Gasteiger partial charge in [-0.05, 0) is 93.1 Å². The van der Waals surface area contributed by atoms with Gasteiger partial charge in [-0.1, -0.05) is 55.0 Å². The smallest absolute Gasteiger partial charge is 0.0669 e. The van der Waals surface area contributed by atoms with E-state index in [-0.39, 0.29) is 5.54 Å². The van der Waals surface area contributed by atoms with Crippen molar-refractivity contribution in [3.63, 3.8) is 0 Å². The number of hydrogen-bond acceptors (Lipinski definition) is 4. The maximum Gasteiger partial charge on any atom is 0.0669 e. The minimum absolute atomic E-state index is 0.0430. The predicted octanol–water partition coefficient (Wildman–Crippen LogP) is 6.37. The van der Waals surface area contributed by atoms with Gasteiger partial charge in [0.2, 0.25) is 0 Å². The van der Waals surface area contributed by atoms with Gasteiger partial charge in [-0.15, -0.1) is 11.8 Å². The van der Waals surface area contributed by atoms with Gasteiger partial charge < -0.3 is 15.5 Å². The van der Waals surface area contributed by atoms with Crippen molar-refractivity contribution >= 4 is 17.5 Å². The molecule has 0 radical (unpaired) electrons. The Morgan fingerprint density at radius 1 is 0.971 bits per heavy atom. The fourth-order valence-corrected chi connectivity index (χ4v) is 7.43. The molecule has 2 aromatic rings. The highest BCUT2D eigenvalue weighted by atomic mass is 32.2. The summed E-state index contributed by atoms with van der Waals surface area (Å²) in [6, 6.07) is 18.3. The van der Waals surface area contributed by atoms with Crippen LogP contribution >= 0.6 is 11.8 Å². The second-order valence-electron chi connectivity index (χ2n) is 10.8. The molecule has 2 aromatic carbocycles. The number of allylic oxidation sites excluding steroid dienone is 1. The number of nitrogens with two attached hydrogens (primary N) is 1. The molecule has 1 fully saturated rings. The molecule has 3 aliphatic heterocycles. The van der Waals surface area contributed by atoms with Crippen molar-refractivity contribution in [2.45, 2.75) is 62.4 Å². The number of rotatable bonds is 6. The van der Waals surface area contributed by atoms with Gasteiger partial charge in [-0.3, -0.25) is 0 Å². The number of fused-ring (bicyclic) bond motifs is 4. The first kappa shape index (κ1) is 23.0. The SMILES string of the molecule is CC12CC=C(N)C=C1C1=C(c3ccccc3SC1)N2Cc1ccc(CCCN2CCCCC2)cc1. The van der Waals surface area contributed by atoms with Crippen molar-refractivity contribution in [3.05, 3.63) is 94.2 Å². The summed E-state index contributed by atoms with van der Waals surface area (Å²) in [5.41, 5.74) is 15.7. The van der Waals surface area contributed by atoms with Crippen LogP contribution in [0, 0.1) is 0 Å². The maximum absolute atomic E-state index is 6.30. The molecule has 4 heteroatoms. The fourth-order valence-electron chi connectivity index (χ4n) is 6.34. The Kier molecular flexibility index (Phi) is 6.28. The van der Waals surface area contributed by atoms with Gasteiger partial charge in [0.1, 0.15) is 0 Å². The van der Waals surface area contributed by atoms with E-state index in [1.807, 2.05) is 11.8 Å². The van der Waals surface area contributed by atoms with Gasteiger partial charge in [0.05, 0.1) is 11.2 Å². The fraction of sp³-hybridized carbons (Fsp3) is 0.419. The summed E-state index contributed by atoms with van der Waals surface area (Å²) < 4.78 is 0. The first-order valence-electron chi connectivity index (χ1n) is 13.3. The van der Waals surface area contributed by atoms with Gasteiger partial charge in [0.15, 0.2) is 0 Å². The molecule has 4 aliphatic rings. The van der Waals surface area contributed by atoms with E-state index in [1.54, 1.807) is 0 Å². The third-order valence-electron chi connectivity index (χ3n) is 8.37. The maximum atomic E-state index is 6.30. The quantitative estimate of drug-likeness (QED) is 0.517. The molecule has 0 bridgehead atoms. The first-order chi connectivity index (χ1) is 17.1. The van der Waals surface area contributed by atoms with E-state index < -0.39 is 0 Å². The lowest BCUT2D eigenvalue weighted by molar-refractivity contribution is 0.226. The van der Waals surface area contributed by atoms with Crippen molar-refractivity contribution in [1.82, 2.24) is 9.80 Å². The van der Waals surface area contributed by atoms with Crippen LogP contribution in [0.25, 0.3) is 5.70 Å². The molecule has 1 aliphatic carbocycles. The lowest BCUT2D eigenvalue weighted by Gasteiger charge is -2.41. The highest BCUT2D eigenvalue weighted by Gasteiger charge is 2.47. The molecule has 3 nitrogen and oxygen atoms in total. The molecule has 1 unspecified atom stereocenters. The topological polar surface area (TPSA) is 32.5 Å². The molecule has 6 rings (SSSR count). The molecule has 35 heavy (non-hydrogen) atoms. The van der Waals surface area contributed by atoms with Gasteiger partial charge in [-0.25, -0.2) is 0 Å². The third-order valence-corrected chi connectivity index (χ3v) is 9.47. The number of benzene rings is 2. The van der Waals surface area contributed by atoms with Crippen LogP contribution in [0.15, 0.2) is 82.4 Å². The van der Waals surface area contributed by atoms with Crippen LogP contribution in [0.3, 0.4) is 0 Å². The van der Waals surface area contributed by atoms with Crippen molar-refractivity contribution in [2.24, 2.45) is 5.73 Å². The minimum Gasteiger partial charge on any atom is -0.399 e. The molecule has 1 saturated heterocycles. The van der Waals surface area contributed by atoms with E-state index in [9.17, 15) is 0 Å². The van der Waals surface area contributed by atoms with Crippen LogP contribution in [0.5, 0.6) is 0 Å². The Morgan fingerprint density at radius 3 is 2.57 bits per heavy atom. The van der Waals surface area contributed by atoms with E-state index in [2.05, 4.69) is 77.4 Å². The van der Waals surface area contributed by atoms with E-state index in [0.717, 1.165) is 24.4 Å². The van der Waals surface area contributed by atoms with E-state index in [0.29, 0.717) is 0 Å². The van der Waals surface area contributed by atoms with Crippen molar-refractivity contribution in [3.8, 4) is 0 Å². The number of likely N-dealkylation sites (tertiary alicyclic amines) is 1. The molecular weight excluding hydrogens is 446 g/mol. The Bertz CT molecular complexity index is 1190. The summed E-state index contributed by atoms with van der Waals surface area (Å²) in [5, 5.41) is 0. The summed E-state index contributed by atoms with van der Waals surface area (Å²) in [6.07, 6.45) is 12.0. The largest absolute Gasteiger partial charge is 0.399 e. The summed E-state index contributed by atoms with van der Waals surface area (Å²) in [7, 11) is 0. The summed E-state index contributed by atoms with van der Waals surface area (Å²) in [6.45, 7) is 7.17. The minimum atomic E-state index is -0.0430. The van der Waals surface area contributed by atoms with E-state index >= 15 is 0 Å².